The topological polar surface area (TPSA) is 73.8 Å². The molecule has 0 bridgehead atoms. The normalized spacial score (nSPS) is 15.0. The molecule has 7 nitrogen and oxygen atoms in total. The Hall–Kier alpha value is -3.56. The summed E-state index contributed by atoms with van der Waals surface area (Å²) in [5.41, 5.74) is 0.277. The first kappa shape index (κ1) is 22.1. The molecule has 1 fully saturated rings. The molecule has 158 valence electrons. The molecule has 9 heteroatoms. The van der Waals surface area contributed by atoms with Crippen LogP contribution < -0.4 is 14.5 Å². The van der Waals surface area contributed by atoms with Gasteiger partial charge in [0.25, 0.3) is 5.91 Å². The van der Waals surface area contributed by atoms with Gasteiger partial charge in [0, 0.05) is 12.1 Å². The maximum Gasteiger partial charge on any atom is 0.259 e. The van der Waals surface area contributed by atoms with Gasteiger partial charge in [0.1, 0.15) is 5.54 Å². The van der Waals surface area contributed by atoms with Crippen molar-refractivity contribution >= 4 is 40.3 Å². The zero-order valence-corrected chi connectivity index (χ0v) is 18.2. The van der Waals surface area contributed by atoms with Crippen molar-refractivity contribution in [3.05, 3.63) is 53.4 Å². The maximum absolute atomic E-state index is 15.1. The van der Waals surface area contributed by atoms with Crippen LogP contribution in [0.1, 0.15) is 32.4 Å². The first-order valence-electron chi connectivity index (χ1n) is 9.52. The molecule has 1 aromatic carbocycles. The summed E-state index contributed by atoms with van der Waals surface area (Å²) in [6.07, 6.45) is 3.46. The third kappa shape index (κ3) is 3.80. The Bertz CT molecular complexity index is 1120. The number of aromatic nitrogens is 1. The third-order valence-electron chi connectivity index (χ3n) is 5.08. The average Bonchev–Trinajstić information content (AvgIpc) is 2.93. The fourth-order valence-electron chi connectivity index (χ4n) is 3.48. The summed E-state index contributed by atoms with van der Waals surface area (Å²) < 4.78 is 20.2. The number of carbonyl (C=O) groups is 1. The molecule has 1 aromatic heterocycles. The molecular formula is C22H20FN5O2S. The molecule has 1 saturated heterocycles. The van der Waals surface area contributed by atoms with E-state index in [1.807, 2.05) is 6.07 Å². The summed E-state index contributed by atoms with van der Waals surface area (Å²) in [4.78, 5) is 23.7. The monoisotopic (exact) mass is 437 g/mol. The number of benzene rings is 1. The number of pyridine rings is 1. The van der Waals surface area contributed by atoms with Crippen molar-refractivity contribution in [2.75, 3.05) is 16.9 Å². The van der Waals surface area contributed by atoms with Crippen LogP contribution in [-0.2, 0) is 11.2 Å². The van der Waals surface area contributed by atoms with Crippen LogP contribution in [0.15, 0.2) is 30.5 Å². The zero-order valence-electron chi connectivity index (χ0n) is 17.3. The standard InChI is InChI=1S/C22H20FN5O2S/c1-22(2)20(29)27(17-11-10-16(25-3)19(30-4)18(17)23)21(31)28(22)15-9-8-14(26-13-15)7-5-6-12-24/h8-11,13H,5-7H2,1-2,4H3. The van der Waals surface area contributed by atoms with E-state index < -0.39 is 17.3 Å². The minimum Gasteiger partial charge on any atom is -0.505 e. The lowest BCUT2D eigenvalue weighted by atomic mass is 10.0. The molecule has 0 saturated carbocycles. The number of aryl methyl sites for hydroxylation is 1. The van der Waals surface area contributed by atoms with Gasteiger partial charge in [-0.05, 0) is 57.1 Å². The smallest absolute Gasteiger partial charge is 0.259 e. The Balaban J connectivity index is 1.98. The van der Waals surface area contributed by atoms with E-state index in [4.69, 9.17) is 28.8 Å². The number of amides is 1. The van der Waals surface area contributed by atoms with Gasteiger partial charge in [-0.2, -0.15) is 5.26 Å². The van der Waals surface area contributed by atoms with E-state index in [-0.39, 0.29) is 22.2 Å². The molecule has 0 radical (unpaired) electrons. The quantitative estimate of drug-likeness (QED) is 0.375. The number of unbranched alkanes of at least 4 members (excludes halogenated alkanes) is 1. The first-order valence-corrected chi connectivity index (χ1v) is 9.93. The van der Waals surface area contributed by atoms with Crippen molar-refractivity contribution in [2.24, 2.45) is 0 Å². The molecule has 1 aliphatic heterocycles. The fourth-order valence-corrected chi connectivity index (χ4v) is 3.99. The van der Waals surface area contributed by atoms with E-state index in [0.717, 1.165) is 10.6 Å². The van der Waals surface area contributed by atoms with E-state index in [1.54, 1.807) is 31.0 Å². The second-order valence-corrected chi connectivity index (χ2v) is 7.76. The number of nitriles is 1. The van der Waals surface area contributed by atoms with Crippen molar-refractivity contribution in [1.29, 1.82) is 5.26 Å². The van der Waals surface area contributed by atoms with Crippen LogP contribution in [0.4, 0.5) is 21.5 Å². The summed E-state index contributed by atoms with van der Waals surface area (Å²) >= 11 is 5.57. The average molecular weight is 438 g/mol. The van der Waals surface area contributed by atoms with Crippen molar-refractivity contribution in [1.82, 2.24) is 4.98 Å². The van der Waals surface area contributed by atoms with E-state index >= 15 is 4.39 Å². The van der Waals surface area contributed by atoms with E-state index in [2.05, 4.69) is 15.9 Å². The molecule has 0 aliphatic carbocycles. The number of thiocarbonyl (C=S) groups is 1. The van der Waals surface area contributed by atoms with Crippen LogP contribution in [0.3, 0.4) is 0 Å². The lowest BCUT2D eigenvalue weighted by Crippen LogP contribution is -2.44. The molecule has 0 atom stereocenters. The Kier molecular flexibility index (Phi) is 6.19. The highest BCUT2D eigenvalue weighted by molar-refractivity contribution is 7.81. The molecule has 1 amide bonds. The largest absolute Gasteiger partial charge is 0.505 e. The number of hydrogen-bond acceptors (Lipinski definition) is 5. The number of nitrogens with zero attached hydrogens (tertiary/aromatic N) is 5. The minimum absolute atomic E-state index is 0.00798. The van der Waals surface area contributed by atoms with Crippen molar-refractivity contribution in [2.45, 2.75) is 38.6 Å². The summed E-state index contributed by atoms with van der Waals surface area (Å²) in [5, 5.41) is 8.77. The number of rotatable bonds is 6. The Morgan fingerprint density at radius 2 is 2.10 bits per heavy atom. The van der Waals surface area contributed by atoms with Gasteiger partial charge < -0.3 is 9.64 Å². The van der Waals surface area contributed by atoms with Gasteiger partial charge in [0.2, 0.25) is 5.69 Å². The van der Waals surface area contributed by atoms with E-state index in [9.17, 15) is 4.79 Å². The highest BCUT2D eigenvalue weighted by Crippen LogP contribution is 2.41. The van der Waals surface area contributed by atoms with Crippen molar-refractivity contribution in [3.8, 4) is 11.8 Å². The number of carbonyl (C=O) groups excluding carboxylic acids is 1. The predicted octanol–water partition coefficient (Wildman–Crippen LogP) is 4.54. The van der Waals surface area contributed by atoms with Gasteiger partial charge in [0.05, 0.1) is 37.3 Å². The van der Waals surface area contributed by atoms with Crippen LogP contribution in [0, 0.1) is 23.7 Å². The van der Waals surface area contributed by atoms with Gasteiger partial charge in [-0.3, -0.25) is 14.7 Å². The van der Waals surface area contributed by atoms with Gasteiger partial charge in [-0.15, -0.1) is 0 Å². The number of hydrogen-bond donors (Lipinski definition) is 0. The first-order chi connectivity index (χ1) is 14.8. The molecular weight excluding hydrogens is 417 g/mol. The van der Waals surface area contributed by atoms with E-state index in [0.29, 0.717) is 24.9 Å². The second kappa shape index (κ2) is 8.66. The molecule has 2 heterocycles. The number of anilines is 2. The minimum atomic E-state index is -1.08. The summed E-state index contributed by atoms with van der Waals surface area (Å²) in [7, 11) is 1.26. The Labute approximate surface area is 185 Å². The Morgan fingerprint density at radius 3 is 2.68 bits per heavy atom. The summed E-state index contributed by atoms with van der Waals surface area (Å²) in [5.74, 6) is -1.47. The summed E-state index contributed by atoms with van der Waals surface area (Å²) in [6, 6.07) is 8.48. The van der Waals surface area contributed by atoms with Gasteiger partial charge in [-0.1, -0.05) is 6.07 Å². The molecule has 3 rings (SSSR count). The van der Waals surface area contributed by atoms with Crippen LogP contribution in [0.5, 0.6) is 5.75 Å². The predicted molar refractivity (Wildman–Crippen MR) is 119 cm³/mol. The molecule has 1 aliphatic rings. The van der Waals surface area contributed by atoms with Crippen LogP contribution in [0.2, 0.25) is 0 Å². The highest BCUT2D eigenvalue weighted by atomic mass is 32.1. The second-order valence-electron chi connectivity index (χ2n) is 7.40. The lowest BCUT2D eigenvalue weighted by Gasteiger charge is -2.29. The van der Waals surface area contributed by atoms with Gasteiger partial charge in [0.15, 0.2) is 16.7 Å². The molecule has 0 spiro atoms. The maximum atomic E-state index is 15.1. The number of ether oxygens (including phenoxy) is 1. The van der Waals surface area contributed by atoms with Crippen LogP contribution in [0.25, 0.3) is 4.85 Å². The molecule has 0 unspecified atom stereocenters. The van der Waals surface area contributed by atoms with Crippen LogP contribution in [-0.4, -0.2) is 28.7 Å². The Morgan fingerprint density at radius 1 is 1.35 bits per heavy atom. The van der Waals surface area contributed by atoms with Gasteiger partial charge in [-0.25, -0.2) is 9.24 Å². The van der Waals surface area contributed by atoms with E-state index in [1.165, 1.54) is 19.2 Å². The fraction of sp³-hybridized carbons (Fsp3) is 0.318. The molecule has 0 N–H and O–H groups in total. The molecule has 31 heavy (non-hydrogen) atoms. The lowest BCUT2D eigenvalue weighted by molar-refractivity contribution is -0.120. The van der Waals surface area contributed by atoms with Crippen molar-refractivity contribution < 1.29 is 13.9 Å². The number of halogens is 1. The SMILES string of the molecule is [C-]#[N+]c1ccc(N2C(=O)C(C)(C)N(c3ccc(CCCC#N)nc3)C2=S)c(F)c1OC. The third-order valence-corrected chi connectivity index (χ3v) is 5.44. The zero-order chi connectivity index (χ0) is 22.8. The van der Waals surface area contributed by atoms with Gasteiger partial charge >= 0.3 is 0 Å². The van der Waals surface area contributed by atoms with Crippen LogP contribution >= 0.6 is 12.2 Å². The highest BCUT2D eigenvalue weighted by Gasteiger charge is 2.51. The van der Waals surface area contributed by atoms with Crippen molar-refractivity contribution in [3.63, 3.8) is 0 Å². The number of methoxy groups -OCH3 is 1. The molecule has 2 aromatic rings. The summed E-state index contributed by atoms with van der Waals surface area (Å²) in [6.45, 7) is 10.6.